The Bertz CT molecular complexity index is 201. The molecule has 68 valence electrons. The lowest BCUT2D eigenvalue weighted by atomic mass is 10.1. The Kier molecular flexibility index (Phi) is 1.94. The van der Waals surface area contributed by atoms with E-state index in [9.17, 15) is 0 Å². The standard InChI is InChI=1S/C9H15NO2/c1-9(2)11-6-7-8(12-9)4-3-5-10-7/h3-4,7-8,10H,5-6H2,1-2H3/t7-,8+/m0/s1. The van der Waals surface area contributed by atoms with Gasteiger partial charge in [-0.15, -0.1) is 0 Å². The first kappa shape index (κ1) is 8.23. The van der Waals surface area contributed by atoms with Gasteiger partial charge in [0.05, 0.1) is 18.8 Å². The van der Waals surface area contributed by atoms with Gasteiger partial charge in [0, 0.05) is 6.54 Å². The number of ether oxygens (including phenoxy) is 2. The smallest absolute Gasteiger partial charge is 0.163 e. The van der Waals surface area contributed by atoms with Crippen LogP contribution in [0.1, 0.15) is 13.8 Å². The highest BCUT2D eigenvalue weighted by Crippen LogP contribution is 2.24. The van der Waals surface area contributed by atoms with Gasteiger partial charge in [-0.3, -0.25) is 0 Å². The summed E-state index contributed by atoms with van der Waals surface area (Å²) < 4.78 is 11.2. The Morgan fingerprint density at radius 2 is 2.33 bits per heavy atom. The molecule has 1 saturated heterocycles. The lowest BCUT2D eigenvalue weighted by Gasteiger charge is -2.41. The second-order valence-electron chi connectivity index (χ2n) is 3.74. The van der Waals surface area contributed by atoms with Crippen LogP contribution in [0.4, 0.5) is 0 Å². The molecule has 0 aromatic rings. The van der Waals surface area contributed by atoms with Crippen LogP contribution in [0.2, 0.25) is 0 Å². The van der Waals surface area contributed by atoms with Crippen LogP contribution in [0.5, 0.6) is 0 Å². The number of nitrogens with one attached hydrogen (secondary N) is 1. The molecular weight excluding hydrogens is 154 g/mol. The van der Waals surface area contributed by atoms with Crippen molar-refractivity contribution in [3.63, 3.8) is 0 Å². The molecule has 2 atom stereocenters. The number of hydrogen-bond donors (Lipinski definition) is 1. The van der Waals surface area contributed by atoms with Gasteiger partial charge in [0.1, 0.15) is 0 Å². The van der Waals surface area contributed by atoms with Crippen LogP contribution < -0.4 is 5.32 Å². The van der Waals surface area contributed by atoms with E-state index in [1.165, 1.54) is 0 Å². The van der Waals surface area contributed by atoms with Crippen molar-refractivity contribution in [2.45, 2.75) is 31.8 Å². The molecule has 0 aromatic heterocycles. The van der Waals surface area contributed by atoms with Crippen LogP contribution in [-0.4, -0.2) is 31.1 Å². The van der Waals surface area contributed by atoms with E-state index in [2.05, 4.69) is 17.5 Å². The first-order valence-corrected chi connectivity index (χ1v) is 4.39. The molecule has 12 heavy (non-hydrogen) atoms. The van der Waals surface area contributed by atoms with Gasteiger partial charge in [-0.05, 0) is 13.8 Å². The summed E-state index contributed by atoms with van der Waals surface area (Å²) in [6.45, 7) is 5.56. The van der Waals surface area contributed by atoms with Gasteiger partial charge in [-0.1, -0.05) is 12.2 Å². The van der Waals surface area contributed by atoms with Crippen molar-refractivity contribution in [1.82, 2.24) is 5.32 Å². The van der Waals surface area contributed by atoms with Crippen LogP contribution in [0.25, 0.3) is 0 Å². The molecule has 0 bridgehead atoms. The van der Waals surface area contributed by atoms with Crippen molar-refractivity contribution in [2.75, 3.05) is 13.2 Å². The van der Waals surface area contributed by atoms with Gasteiger partial charge in [-0.2, -0.15) is 0 Å². The molecular formula is C9H15NO2. The third kappa shape index (κ3) is 1.53. The molecule has 0 spiro atoms. The van der Waals surface area contributed by atoms with Crippen LogP contribution in [0.3, 0.4) is 0 Å². The molecule has 0 radical (unpaired) electrons. The molecule has 0 aliphatic carbocycles. The van der Waals surface area contributed by atoms with E-state index in [1.807, 2.05) is 13.8 Å². The molecule has 2 rings (SSSR count). The minimum Gasteiger partial charge on any atom is -0.349 e. The zero-order valence-corrected chi connectivity index (χ0v) is 7.54. The van der Waals surface area contributed by atoms with Crippen molar-refractivity contribution in [3.05, 3.63) is 12.2 Å². The molecule has 0 unspecified atom stereocenters. The first-order chi connectivity index (χ1) is 5.67. The normalized spacial score (nSPS) is 39.2. The maximum absolute atomic E-state index is 5.71. The predicted octanol–water partition coefficient (Wildman–Crippen LogP) is 0.666. The summed E-state index contributed by atoms with van der Waals surface area (Å²) in [6.07, 6.45) is 4.40. The Hall–Kier alpha value is -0.380. The Morgan fingerprint density at radius 3 is 3.17 bits per heavy atom. The van der Waals surface area contributed by atoms with Gasteiger partial charge in [-0.25, -0.2) is 0 Å². The van der Waals surface area contributed by atoms with Crippen molar-refractivity contribution >= 4 is 0 Å². The van der Waals surface area contributed by atoms with Crippen LogP contribution in [-0.2, 0) is 9.47 Å². The minimum absolute atomic E-state index is 0.183. The molecule has 1 fully saturated rings. The van der Waals surface area contributed by atoms with Crippen LogP contribution in [0, 0.1) is 0 Å². The molecule has 1 N–H and O–H groups in total. The zero-order chi connectivity index (χ0) is 8.60. The number of fused-ring (bicyclic) bond motifs is 1. The molecule has 2 aliphatic heterocycles. The fourth-order valence-electron chi connectivity index (χ4n) is 1.60. The Balaban J connectivity index is 2.07. The molecule has 3 heteroatoms. The summed E-state index contributed by atoms with van der Waals surface area (Å²) in [4.78, 5) is 0. The Labute approximate surface area is 72.7 Å². The summed E-state index contributed by atoms with van der Waals surface area (Å²) in [5, 5.41) is 3.32. The van der Waals surface area contributed by atoms with Crippen molar-refractivity contribution in [3.8, 4) is 0 Å². The lowest BCUT2D eigenvalue weighted by molar-refractivity contribution is -0.272. The average molecular weight is 169 g/mol. The molecule has 0 aromatic carbocycles. The first-order valence-electron chi connectivity index (χ1n) is 4.39. The molecule has 2 heterocycles. The quantitative estimate of drug-likeness (QED) is 0.540. The van der Waals surface area contributed by atoms with Crippen molar-refractivity contribution in [1.29, 1.82) is 0 Å². The monoisotopic (exact) mass is 169 g/mol. The van der Waals surface area contributed by atoms with E-state index in [4.69, 9.17) is 9.47 Å². The molecule has 2 aliphatic rings. The third-order valence-corrected chi connectivity index (χ3v) is 2.25. The van der Waals surface area contributed by atoms with Gasteiger partial charge in [0.15, 0.2) is 5.79 Å². The summed E-state index contributed by atoms with van der Waals surface area (Å²) in [6, 6.07) is 0.336. The summed E-state index contributed by atoms with van der Waals surface area (Å²) in [5.74, 6) is -0.426. The van der Waals surface area contributed by atoms with Gasteiger partial charge in [0.2, 0.25) is 0 Å². The van der Waals surface area contributed by atoms with Crippen LogP contribution >= 0.6 is 0 Å². The Morgan fingerprint density at radius 1 is 1.50 bits per heavy atom. The SMILES string of the molecule is CC1(C)OC[C@@H]2NCC=C[C@H]2O1. The predicted molar refractivity (Wildman–Crippen MR) is 45.8 cm³/mol. The molecule has 3 nitrogen and oxygen atoms in total. The molecule has 0 amide bonds. The maximum Gasteiger partial charge on any atom is 0.163 e. The highest BCUT2D eigenvalue weighted by atomic mass is 16.7. The second-order valence-corrected chi connectivity index (χ2v) is 3.74. The summed E-state index contributed by atoms with van der Waals surface area (Å²) in [5.41, 5.74) is 0. The minimum atomic E-state index is -0.426. The van der Waals surface area contributed by atoms with Crippen molar-refractivity contribution < 1.29 is 9.47 Å². The zero-order valence-electron chi connectivity index (χ0n) is 7.54. The van der Waals surface area contributed by atoms with E-state index in [0.717, 1.165) is 13.2 Å². The van der Waals surface area contributed by atoms with Crippen molar-refractivity contribution in [2.24, 2.45) is 0 Å². The van der Waals surface area contributed by atoms with E-state index in [1.54, 1.807) is 0 Å². The second kappa shape index (κ2) is 2.83. The largest absolute Gasteiger partial charge is 0.349 e. The fourth-order valence-corrected chi connectivity index (χ4v) is 1.60. The van der Waals surface area contributed by atoms with Gasteiger partial charge in [0.25, 0.3) is 0 Å². The van der Waals surface area contributed by atoms with Gasteiger partial charge >= 0.3 is 0 Å². The molecule has 0 saturated carbocycles. The van der Waals surface area contributed by atoms with E-state index in [-0.39, 0.29) is 6.10 Å². The number of hydrogen-bond acceptors (Lipinski definition) is 3. The van der Waals surface area contributed by atoms with E-state index >= 15 is 0 Å². The lowest BCUT2D eigenvalue weighted by Crippen LogP contribution is -2.55. The average Bonchev–Trinajstić information content (AvgIpc) is 2.02. The van der Waals surface area contributed by atoms with Gasteiger partial charge < -0.3 is 14.8 Å². The highest BCUT2D eigenvalue weighted by molar-refractivity contribution is 5.04. The summed E-state index contributed by atoms with van der Waals surface area (Å²) >= 11 is 0. The van der Waals surface area contributed by atoms with Crippen LogP contribution in [0.15, 0.2) is 12.2 Å². The highest BCUT2D eigenvalue weighted by Gasteiger charge is 2.35. The maximum atomic E-state index is 5.71. The van der Waals surface area contributed by atoms with E-state index in [0.29, 0.717) is 6.04 Å². The topological polar surface area (TPSA) is 30.5 Å². The van der Waals surface area contributed by atoms with E-state index < -0.39 is 5.79 Å². The third-order valence-electron chi connectivity index (χ3n) is 2.25. The summed E-state index contributed by atoms with van der Waals surface area (Å²) in [7, 11) is 0. The number of rotatable bonds is 0. The fraction of sp³-hybridized carbons (Fsp3) is 0.778.